The second-order valence-corrected chi connectivity index (χ2v) is 7.13. The average Bonchev–Trinajstić information content (AvgIpc) is 3.23. The van der Waals surface area contributed by atoms with Crippen LogP contribution in [0.4, 0.5) is 0 Å². The molecule has 2 nitrogen and oxygen atoms in total. The van der Waals surface area contributed by atoms with Crippen molar-refractivity contribution < 1.29 is 0 Å². The number of fused-ring (bicyclic) bond motifs is 1. The van der Waals surface area contributed by atoms with Gasteiger partial charge in [-0.1, -0.05) is 54.6 Å². The number of benzene rings is 2. The van der Waals surface area contributed by atoms with Crippen molar-refractivity contribution in [3.05, 3.63) is 87.8 Å². The monoisotopic (exact) mass is 424 g/mol. The lowest BCUT2D eigenvalue weighted by Crippen LogP contribution is -2.07. The second-order valence-electron chi connectivity index (χ2n) is 5.89. The van der Waals surface area contributed by atoms with Crippen LogP contribution in [0.2, 0.25) is 0 Å². The fourth-order valence-electron chi connectivity index (χ4n) is 2.97. The second kappa shape index (κ2) is 6.77. The number of hydrogen-bond acceptors (Lipinski definition) is 1. The maximum Gasteiger partial charge on any atom is 0.133 e. The lowest BCUT2D eigenvalue weighted by Gasteiger charge is -2.10. The van der Waals surface area contributed by atoms with Crippen LogP contribution in [0.15, 0.2) is 72.8 Å². The summed E-state index contributed by atoms with van der Waals surface area (Å²) in [5.74, 6) is 1.44. The summed E-state index contributed by atoms with van der Waals surface area (Å²) < 4.78 is 3.56. The summed E-state index contributed by atoms with van der Waals surface area (Å²) in [6, 6.07) is 16.9. The zero-order valence-electron chi connectivity index (χ0n) is 13.1. The smallest absolute Gasteiger partial charge is 0.133 e. The highest BCUT2D eigenvalue weighted by molar-refractivity contribution is 14.1. The van der Waals surface area contributed by atoms with Gasteiger partial charge in [0.25, 0.3) is 0 Å². The third-order valence-corrected chi connectivity index (χ3v) is 4.92. The van der Waals surface area contributed by atoms with Crippen LogP contribution in [0.25, 0.3) is 23.2 Å². The molecule has 1 aliphatic carbocycles. The first-order chi connectivity index (χ1) is 11.8. The average molecular weight is 424 g/mol. The van der Waals surface area contributed by atoms with E-state index in [-0.39, 0.29) is 0 Å². The van der Waals surface area contributed by atoms with E-state index in [4.69, 9.17) is 4.98 Å². The molecule has 3 aromatic rings. The van der Waals surface area contributed by atoms with Gasteiger partial charge in [-0.05, 0) is 58.5 Å². The summed E-state index contributed by atoms with van der Waals surface area (Å²) in [6.45, 7) is 0.917. The normalized spacial score (nSPS) is 14.4. The Hall–Kier alpha value is -2.14. The van der Waals surface area contributed by atoms with Crippen LogP contribution < -0.4 is 0 Å². The molecule has 1 heterocycles. The lowest BCUT2D eigenvalue weighted by molar-refractivity contribution is 0.630. The zero-order valence-corrected chi connectivity index (χ0v) is 15.3. The highest BCUT2D eigenvalue weighted by Crippen LogP contribution is 2.22. The van der Waals surface area contributed by atoms with Crippen LogP contribution in [-0.2, 0) is 6.54 Å². The van der Waals surface area contributed by atoms with Crippen molar-refractivity contribution in [1.29, 1.82) is 0 Å². The van der Waals surface area contributed by atoms with Gasteiger partial charge in [0.15, 0.2) is 0 Å². The van der Waals surface area contributed by atoms with E-state index in [1.54, 1.807) is 0 Å². The summed E-state index contributed by atoms with van der Waals surface area (Å²) >= 11 is 2.33. The summed E-state index contributed by atoms with van der Waals surface area (Å²) in [6.07, 6.45) is 13.0. The number of halogens is 1. The molecule has 0 radical (unpaired) electrons. The van der Waals surface area contributed by atoms with Crippen LogP contribution in [-0.4, -0.2) is 9.55 Å². The molecule has 0 aliphatic heterocycles. The van der Waals surface area contributed by atoms with Gasteiger partial charge in [0, 0.05) is 16.0 Å². The van der Waals surface area contributed by atoms with Crippen molar-refractivity contribution >= 4 is 45.8 Å². The van der Waals surface area contributed by atoms with Gasteiger partial charge in [-0.2, -0.15) is 0 Å². The van der Waals surface area contributed by atoms with E-state index in [2.05, 4.69) is 106 Å². The van der Waals surface area contributed by atoms with Gasteiger partial charge in [0.05, 0.1) is 11.0 Å². The summed E-state index contributed by atoms with van der Waals surface area (Å²) in [4.78, 5) is 4.81. The maximum atomic E-state index is 4.81. The number of nitrogens with zero attached hydrogens (tertiary/aromatic N) is 2. The number of imidazole rings is 1. The van der Waals surface area contributed by atoms with E-state index in [9.17, 15) is 0 Å². The molecule has 0 amide bonds. The van der Waals surface area contributed by atoms with E-state index in [1.807, 2.05) is 6.07 Å². The molecule has 24 heavy (non-hydrogen) atoms. The molecule has 4 rings (SSSR count). The molecular formula is C21H17IN2. The van der Waals surface area contributed by atoms with Gasteiger partial charge >= 0.3 is 0 Å². The Kier molecular flexibility index (Phi) is 4.34. The standard InChI is InChI=1S/C21H17IN2/c22-18-12-9-16(10-13-18)11-14-21-23-19-7-3-4-8-20(19)24(21)15-17-5-1-2-6-17/h1-14,17H,15H2/b14-11+. The van der Waals surface area contributed by atoms with Crippen LogP contribution in [0, 0.1) is 9.49 Å². The molecule has 0 fully saturated rings. The van der Waals surface area contributed by atoms with E-state index in [1.165, 1.54) is 14.7 Å². The Morgan fingerprint density at radius 2 is 1.71 bits per heavy atom. The van der Waals surface area contributed by atoms with Crippen LogP contribution in [0.1, 0.15) is 11.4 Å². The Morgan fingerprint density at radius 3 is 2.50 bits per heavy atom. The van der Waals surface area contributed by atoms with Crippen molar-refractivity contribution in [2.45, 2.75) is 6.54 Å². The van der Waals surface area contributed by atoms with E-state index in [0.717, 1.165) is 17.9 Å². The minimum Gasteiger partial charge on any atom is -0.324 e. The molecule has 0 spiro atoms. The molecule has 118 valence electrons. The Morgan fingerprint density at radius 1 is 0.958 bits per heavy atom. The molecule has 1 aliphatic rings. The molecule has 0 saturated carbocycles. The molecule has 0 saturated heterocycles. The molecule has 0 N–H and O–H groups in total. The third kappa shape index (κ3) is 3.22. The molecule has 0 atom stereocenters. The summed E-state index contributed by atoms with van der Waals surface area (Å²) in [5, 5.41) is 0. The van der Waals surface area contributed by atoms with Crippen LogP contribution in [0.5, 0.6) is 0 Å². The van der Waals surface area contributed by atoms with Gasteiger partial charge in [0.1, 0.15) is 5.82 Å². The lowest BCUT2D eigenvalue weighted by atomic mass is 10.1. The zero-order chi connectivity index (χ0) is 16.4. The van der Waals surface area contributed by atoms with Crippen LogP contribution in [0.3, 0.4) is 0 Å². The number of hydrogen-bond donors (Lipinski definition) is 0. The SMILES string of the molecule is Ic1ccc(/C=C/c2nc3ccccc3n2CC2C=CC=C2)cc1. The predicted octanol–water partition coefficient (Wildman–Crippen LogP) is 5.55. The molecule has 3 heteroatoms. The fraction of sp³-hybridized carbons (Fsp3) is 0.0952. The quantitative estimate of drug-likeness (QED) is 0.502. The van der Waals surface area contributed by atoms with Crippen molar-refractivity contribution in [2.75, 3.05) is 0 Å². The van der Waals surface area contributed by atoms with Crippen LogP contribution >= 0.6 is 22.6 Å². The van der Waals surface area contributed by atoms with Gasteiger partial charge < -0.3 is 4.57 Å². The minimum absolute atomic E-state index is 0.438. The highest BCUT2D eigenvalue weighted by atomic mass is 127. The first-order valence-corrected chi connectivity index (χ1v) is 9.11. The first-order valence-electron chi connectivity index (χ1n) is 8.03. The highest BCUT2D eigenvalue weighted by Gasteiger charge is 2.12. The van der Waals surface area contributed by atoms with Crippen molar-refractivity contribution in [1.82, 2.24) is 9.55 Å². The number of allylic oxidation sites excluding steroid dienone is 4. The third-order valence-electron chi connectivity index (χ3n) is 4.20. The van der Waals surface area contributed by atoms with Crippen molar-refractivity contribution in [3.63, 3.8) is 0 Å². The topological polar surface area (TPSA) is 17.8 Å². The number of aromatic nitrogens is 2. The Balaban J connectivity index is 1.71. The minimum atomic E-state index is 0.438. The summed E-state index contributed by atoms with van der Waals surface area (Å²) in [5.41, 5.74) is 3.42. The predicted molar refractivity (Wildman–Crippen MR) is 110 cm³/mol. The van der Waals surface area contributed by atoms with Gasteiger partial charge in [0.2, 0.25) is 0 Å². The van der Waals surface area contributed by atoms with Gasteiger partial charge in [-0.3, -0.25) is 0 Å². The fourth-order valence-corrected chi connectivity index (χ4v) is 3.33. The Labute approximate surface area is 155 Å². The van der Waals surface area contributed by atoms with Crippen molar-refractivity contribution in [3.8, 4) is 0 Å². The van der Waals surface area contributed by atoms with Gasteiger partial charge in [-0.25, -0.2) is 4.98 Å². The first kappa shape index (κ1) is 15.4. The molecule has 0 bridgehead atoms. The van der Waals surface area contributed by atoms with Crippen molar-refractivity contribution in [2.24, 2.45) is 5.92 Å². The van der Waals surface area contributed by atoms with E-state index in [0.29, 0.717) is 5.92 Å². The maximum absolute atomic E-state index is 4.81. The largest absolute Gasteiger partial charge is 0.324 e. The van der Waals surface area contributed by atoms with E-state index < -0.39 is 0 Å². The molecule has 1 aromatic heterocycles. The number of rotatable bonds is 4. The molecule has 0 unspecified atom stereocenters. The summed E-state index contributed by atoms with van der Waals surface area (Å²) in [7, 11) is 0. The number of para-hydroxylation sites is 2. The van der Waals surface area contributed by atoms with E-state index >= 15 is 0 Å². The Bertz CT molecular complexity index is 934. The molecular weight excluding hydrogens is 407 g/mol. The van der Waals surface area contributed by atoms with Gasteiger partial charge in [-0.15, -0.1) is 0 Å². The molecule has 2 aromatic carbocycles.